The highest BCUT2D eigenvalue weighted by Gasteiger charge is 1.83. The summed E-state index contributed by atoms with van der Waals surface area (Å²) in [5.41, 5.74) is 0. The Balaban J connectivity index is 0.000000241. The Labute approximate surface area is 93.8 Å². The van der Waals surface area contributed by atoms with Gasteiger partial charge in [0, 0.05) is 17.9 Å². The molecule has 0 bridgehead atoms. The van der Waals surface area contributed by atoms with Crippen LogP contribution in [0, 0.1) is 0 Å². The Morgan fingerprint density at radius 1 is 1.36 bits per heavy atom. The molecule has 0 radical (unpaired) electrons. The smallest absolute Gasteiger partial charge is 0.216 e. The second-order valence-corrected chi connectivity index (χ2v) is 3.69. The highest BCUT2D eigenvalue weighted by atomic mass is 79.9. The minimum atomic E-state index is 0.0573. The summed E-state index contributed by atoms with van der Waals surface area (Å²) in [6.07, 6.45) is 1.01. The molecule has 1 N–H and O–H groups in total. The number of rotatable bonds is 2. The standard InChI is InChI=1S/C6H5Br.C5H11NO/c7-6-4-2-1-3-5-6;1-3-4-6-5(2)7/h1-5H;3-4H2,1-2H3,(H,6,7). The number of hydrogen-bond donors (Lipinski definition) is 1. The van der Waals surface area contributed by atoms with E-state index in [1.807, 2.05) is 37.3 Å². The van der Waals surface area contributed by atoms with Crippen LogP contribution in [0.1, 0.15) is 20.3 Å². The number of nitrogens with one attached hydrogen (secondary N) is 1. The molecule has 0 saturated heterocycles. The van der Waals surface area contributed by atoms with E-state index in [2.05, 4.69) is 21.2 Å². The average Bonchev–Trinajstić information content (AvgIpc) is 2.17. The van der Waals surface area contributed by atoms with Gasteiger partial charge in [-0.3, -0.25) is 4.79 Å². The highest BCUT2D eigenvalue weighted by Crippen LogP contribution is 2.05. The van der Waals surface area contributed by atoms with Crippen LogP contribution in [0.3, 0.4) is 0 Å². The summed E-state index contributed by atoms with van der Waals surface area (Å²) in [4.78, 5) is 10.1. The van der Waals surface area contributed by atoms with Crippen molar-refractivity contribution in [2.75, 3.05) is 6.54 Å². The number of halogens is 1. The summed E-state index contributed by atoms with van der Waals surface area (Å²) in [5, 5.41) is 2.66. The van der Waals surface area contributed by atoms with Gasteiger partial charge in [0.05, 0.1) is 0 Å². The molecule has 1 aromatic carbocycles. The van der Waals surface area contributed by atoms with Gasteiger partial charge < -0.3 is 5.32 Å². The van der Waals surface area contributed by atoms with Crippen molar-refractivity contribution in [3.05, 3.63) is 34.8 Å². The third-order valence-electron chi connectivity index (χ3n) is 1.36. The lowest BCUT2D eigenvalue weighted by Gasteiger charge is -1.93. The van der Waals surface area contributed by atoms with Crippen molar-refractivity contribution in [2.45, 2.75) is 20.3 Å². The first-order valence-corrected chi connectivity index (χ1v) is 5.41. The van der Waals surface area contributed by atoms with E-state index in [1.54, 1.807) is 0 Å². The van der Waals surface area contributed by atoms with Crippen molar-refractivity contribution in [1.29, 1.82) is 0 Å². The first-order valence-electron chi connectivity index (χ1n) is 4.61. The molecule has 1 aromatic rings. The summed E-state index contributed by atoms with van der Waals surface area (Å²) in [6, 6.07) is 9.97. The van der Waals surface area contributed by atoms with Gasteiger partial charge in [0.1, 0.15) is 0 Å². The summed E-state index contributed by atoms with van der Waals surface area (Å²) in [7, 11) is 0. The van der Waals surface area contributed by atoms with E-state index in [9.17, 15) is 4.79 Å². The first kappa shape index (κ1) is 13.2. The topological polar surface area (TPSA) is 29.1 Å². The molecular formula is C11H16BrNO. The van der Waals surface area contributed by atoms with Crippen LogP contribution in [0.2, 0.25) is 0 Å². The molecule has 0 saturated carbocycles. The fraction of sp³-hybridized carbons (Fsp3) is 0.364. The number of amides is 1. The molecule has 2 nitrogen and oxygen atoms in total. The van der Waals surface area contributed by atoms with Crippen molar-refractivity contribution in [3.8, 4) is 0 Å². The van der Waals surface area contributed by atoms with Crippen LogP contribution in [0.15, 0.2) is 34.8 Å². The Morgan fingerprint density at radius 2 is 1.93 bits per heavy atom. The predicted octanol–water partition coefficient (Wildman–Crippen LogP) is 2.98. The van der Waals surface area contributed by atoms with E-state index >= 15 is 0 Å². The number of carbonyl (C=O) groups excluding carboxylic acids is 1. The van der Waals surface area contributed by atoms with Gasteiger partial charge in [-0.2, -0.15) is 0 Å². The van der Waals surface area contributed by atoms with E-state index in [0.29, 0.717) is 0 Å². The first-order chi connectivity index (χ1) is 6.66. The highest BCUT2D eigenvalue weighted by molar-refractivity contribution is 9.10. The van der Waals surface area contributed by atoms with Crippen molar-refractivity contribution in [3.63, 3.8) is 0 Å². The van der Waals surface area contributed by atoms with Crippen molar-refractivity contribution in [2.24, 2.45) is 0 Å². The zero-order valence-corrected chi connectivity index (χ0v) is 10.2. The van der Waals surface area contributed by atoms with Gasteiger partial charge in [0.2, 0.25) is 5.91 Å². The Morgan fingerprint density at radius 3 is 2.14 bits per heavy atom. The third kappa shape index (κ3) is 9.26. The molecular weight excluding hydrogens is 242 g/mol. The molecule has 0 heterocycles. The van der Waals surface area contributed by atoms with Gasteiger partial charge in [-0.25, -0.2) is 0 Å². The number of carbonyl (C=O) groups is 1. The van der Waals surface area contributed by atoms with Crippen LogP contribution in [-0.4, -0.2) is 12.5 Å². The van der Waals surface area contributed by atoms with Gasteiger partial charge in [-0.15, -0.1) is 0 Å². The van der Waals surface area contributed by atoms with Crippen LogP contribution in [0.25, 0.3) is 0 Å². The Bertz CT molecular complexity index is 249. The maximum Gasteiger partial charge on any atom is 0.216 e. The second-order valence-electron chi connectivity index (χ2n) is 2.78. The molecule has 0 unspecified atom stereocenters. The average molecular weight is 258 g/mol. The fourth-order valence-corrected chi connectivity index (χ4v) is 1.02. The van der Waals surface area contributed by atoms with Gasteiger partial charge in [0.25, 0.3) is 0 Å². The molecule has 0 atom stereocenters. The zero-order chi connectivity index (χ0) is 10.8. The molecule has 3 heteroatoms. The summed E-state index contributed by atoms with van der Waals surface area (Å²) < 4.78 is 1.13. The maximum absolute atomic E-state index is 10.1. The molecule has 1 amide bonds. The molecule has 0 fully saturated rings. The van der Waals surface area contributed by atoms with Gasteiger partial charge in [-0.1, -0.05) is 41.1 Å². The minimum Gasteiger partial charge on any atom is -0.356 e. The molecule has 0 aliphatic carbocycles. The van der Waals surface area contributed by atoms with Crippen molar-refractivity contribution in [1.82, 2.24) is 5.32 Å². The molecule has 0 aliphatic heterocycles. The summed E-state index contributed by atoms with van der Waals surface area (Å²) in [6.45, 7) is 4.35. The van der Waals surface area contributed by atoms with Crippen LogP contribution in [-0.2, 0) is 4.79 Å². The van der Waals surface area contributed by atoms with E-state index in [4.69, 9.17) is 0 Å². The van der Waals surface area contributed by atoms with Gasteiger partial charge >= 0.3 is 0 Å². The predicted molar refractivity (Wildman–Crippen MR) is 63.1 cm³/mol. The van der Waals surface area contributed by atoms with Crippen LogP contribution < -0.4 is 5.32 Å². The van der Waals surface area contributed by atoms with E-state index in [-0.39, 0.29) is 5.91 Å². The normalized spacial score (nSPS) is 8.50. The van der Waals surface area contributed by atoms with Crippen molar-refractivity contribution >= 4 is 21.8 Å². The quantitative estimate of drug-likeness (QED) is 0.868. The van der Waals surface area contributed by atoms with E-state index in [1.165, 1.54) is 6.92 Å². The van der Waals surface area contributed by atoms with E-state index < -0.39 is 0 Å². The van der Waals surface area contributed by atoms with Crippen LogP contribution >= 0.6 is 15.9 Å². The van der Waals surface area contributed by atoms with Crippen LogP contribution in [0.4, 0.5) is 0 Å². The minimum absolute atomic E-state index is 0.0573. The maximum atomic E-state index is 10.1. The number of hydrogen-bond acceptors (Lipinski definition) is 1. The van der Waals surface area contributed by atoms with Gasteiger partial charge in [-0.05, 0) is 18.6 Å². The molecule has 0 spiro atoms. The number of benzene rings is 1. The lowest BCUT2D eigenvalue weighted by molar-refractivity contribution is -0.118. The summed E-state index contributed by atoms with van der Waals surface area (Å²) >= 11 is 3.31. The van der Waals surface area contributed by atoms with Crippen LogP contribution in [0.5, 0.6) is 0 Å². The summed E-state index contributed by atoms with van der Waals surface area (Å²) in [5.74, 6) is 0.0573. The molecule has 14 heavy (non-hydrogen) atoms. The Kier molecular flexibility index (Phi) is 8.24. The van der Waals surface area contributed by atoms with E-state index in [0.717, 1.165) is 17.4 Å². The lowest BCUT2D eigenvalue weighted by Crippen LogP contribution is -2.19. The fourth-order valence-electron chi connectivity index (χ4n) is 0.716. The molecule has 78 valence electrons. The Hall–Kier alpha value is -0.830. The SMILES string of the molecule is Brc1ccccc1.CCCNC(C)=O. The van der Waals surface area contributed by atoms with Crippen molar-refractivity contribution < 1.29 is 4.79 Å². The zero-order valence-electron chi connectivity index (χ0n) is 8.59. The lowest BCUT2D eigenvalue weighted by atomic mass is 10.4. The largest absolute Gasteiger partial charge is 0.356 e. The van der Waals surface area contributed by atoms with Gasteiger partial charge in [0.15, 0.2) is 0 Å². The molecule has 0 aliphatic rings. The molecule has 1 rings (SSSR count). The second kappa shape index (κ2) is 8.75. The third-order valence-corrected chi connectivity index (χ3v) is 1.89. The monoisotopic (exact) mass is 257 g/mol. The molecule has 0 aromatic heterocycles.